The van der Waals surface area contributed by atoms with Gasteiger partial charge in [0.1, 0.15) is 17.3 Å². The van der Waals surface area contributed by atoms with E-state index in [-0.39, 0.29) is 17.6 Å². The molecule has 5 nitrogen and oxygen atoms in total. The van der Waals surface area contributed by atoms with E-state index >= 15 is 0 Å². The number of fused-ring (bicyclic) bond motifs is 4. The molecule has 5 heteroatoms. The molecule has 6 aromatic carbocycles. The average molecular weight is 738 g/mol. The Bertz CT molecular complexity index is 3250. The number of pyridine rings is 1. The first-order valence-corrected chi connectivity index (χ1v) is 18.8. The van der Waals surface area contributed by atoms with Crippen molar-refractivity contribution in [3.05, 3.63) is 175 Å². The number of aromatic nitrogens is 4. The molecule has 0 unspecified atom stereocenters. The molecule has 9 rings (SSSR count). The Balaban J connectivity index is 1.16. The monoisotopic (exact) mass is 737 g/mol. The van der Waals surface area contributed by atoms with Crippen LogP contribution in [-0.4, -0.2) is 14.1 Å². The van der Waals surface area contributed by atoms with Crippen molar-refractivity contribution in [2.45, 2.75) is 53.3 Å². The fraction of sp³-hybridized carbons (Fsp3) is 0.176. The fourth-order valence-corrected chi connectivity index (χ4v) is 7.53. The number of ether oxygens (including phenoxy) is 1. The van der Waals surface area contributed by atoms with Gasteiger partial charge in [-0.3, -0.25) is 13.7 Å². The first kappa shape index (κ1) is 28.0. The predicted octanol–water partition coefficient (Wildman–Crippen LogP) is 12.5. The van der Waals surface area contributed by atoms with Gasteiger partial charge in [0.15, 0.2) is 0 Å². The van der Waals surface area contributed by atoms with Crippen LogP contribution in [0.15, 0.2) is 158 Å². The van der Waals surface area contributed by atoms with Gasteiger partial charge in [0.25, 0.3) is 6.33 Å². The highest BCUT2D eigenvalue weighted by atomic mass is 16.5. The van der Waals surface area contributed by atoms with Gasteiger partial charge in [-0.1, -0.05) is 138 Å². The molecule has 3 heterocycles. The summed E-state index contributed by atoms with van der Waals surface area (Å²) in [6.45, 7) is 12.0. The predicted molar refractivity (Wildman–Crippen MR) is 230 cm³/mol. The minimum absolute atomic E-state index is 0.125. The number of hydrogen-bond acceptors (Lipinski definition) is 2. The van der Waals surface area contributed by atoms with Crippen LogP contribution in [0.4, 0.5) is 0 Å². The highest BCUT2D eigenvalue weighted by molar-refractivity contribution is 6.09. The van der Waals surface area contributed by atoms with E-state index in [2.05, 4.69) is 37.7 Å². The molecule has 276 valence electrons. The summed E-state index contributed by atoms with van der Waals surface area (Å²) in [5.74, 6) is 1.79. The number of benzene rings is 6. The van der Waals surface area contributed by atoms with Gasteiger partial charge in [0.05, 0.1) is 40.3 Å². The van der Waals surface area contributed by atoms with Crippen molar-refractivity contribution in [3.8, 4) is 39.8 Å². The van der Waals surface area contributed by atoms with Crippen LogP contribution in [0.3, 0.4) is 0 Å². The molecule has 0 saturated heterocycles. The number of hydrogen-bond donors (Lipinski definition) is 0. The molecular weight excluding hydrogens is 685 g/mol. The second-order valence-corrected chi connectivity index (χ2v) is 16.1. The fourth-order valence-electron chi connectivity index (χ4n) is 7.53. The molecule has 0 aliphatic rings. The van der Waals surface area contributed by atoms with Crippen LogP contribution in [0.2, 0.25) is 0 Å². The van der Waals surface area contributed by atoms with Crippen LogP contribution in [0, 0.1) is 11.7 Å². The summed E-state index contributed by atoms with van der Waals surface area (Å²) in [7, 11) is 0. The Labute approximate surface area is 338 Å². The van der Waals surface area contributed by atoms with E-state index < -0.39 is 35.3 Å². The van der Waals surface area contributed by atoms with Gasteiger partial charge in [-0.25, -0.2) is 4.98 Å². The molecule has 56 heavy (non-hydrogen) atoms. The Morgan fingerprint density at radius 3 is 2.25 bits per heavy atom. The summed E-state index contributed by atoms with van der Waals surface area (Å²) < 4.78 is 73.6. The molecule has 0 N–H and O–H groups in total. The lowest BCUT2D eigenvalue weighted by molar-refractivity contribution is -0.572. The molecule has 0 aliphatic carbocycles. The zero-order chi connectivity index (χ0) is 44.7. The first-order valence-electron chi connectivity index (χ1n) is 22.3. The van der Waals surface area contributed by atoms with Gasteiger partial charge in [0, 0.05) is 25.8 Å². The SMILES string of the molecule is [2H]c1c([2H])c([2H])c(-c2cccc(C(C)(C)C)c2-[n+]2[c-]n(-c3cccc(Oc4ccc5c6ccccc6n(-c6cc(C([2H])([2H])C(C)(C)C)ccn6)c5c4)c3)c3ccccc32)c([2H])c1[2H]. The van der Waals surface area contributed by atoms with E-state index in [0.29, 0.717) is 34.1 Å². The van der Waals surface area contributed by atoms with Crippen LogP contribution >= 0.6 is 0 Å². The molecule has 0 atom stereocenters. The van der Waals surface area contributed by atoms with Gasteiger partial charge in [0.2, 0.25) is 0 Å². The molecular formula is C51H46N4O. The summed E-state index contributed by atoms with van der Waals surface area (Å²) in [6, 6.07) is 37.3. The van der Waals surface area contributed by atoms with Crippen molar-refractivity contribution in [3.63, 3.8) is 0 Å². The average Bonchev–Trinajstić information content (AvgIpc) is 3.80. The Hall–Kier alpha value is -6.46. The number of nitrogens with zero attached hydrogens (tertiary/aromatic N) is 4. The molecule has 0 fully saturated rings. The largest absolute Gasteiger partial charge is 0.458 e. The van der Waals surface area contributed by atoms with E-state index in [1.165, 1.54) is 0 Å². The number of rotatable bonds is 7. The Morgan fingerprint density at radius 2 is 1.45 bits per heavy atom. The summed E-state index contributed by atoms with van der Waals surface area (Å²) in [5, 5.41) is 2.05. The molecule has 0 saturated carbocycles. The van der Waals surface area contributed by atoms with E-state index in [9.17, 15) is 0 Å². The molecule has 0 aliphatic heterocycles. The van der Waals surface area contributed by atoms with Crippen LogP contribution in [-0.2, 0) is 11.8 Å². The van der Waals surface area contributed by atoms with Gasteiger partial charge in [-0.15, -0.1) is 0 Å². The van der Waals surface area contributed by atoms with Crippen molar-refractivity contribution in [2.24, 2.45) is 5.41 Å². The zero-order valence-corrected chi connectivity index (χ0v) is 32.3. The topological polar surface area (TPSA) is 35.9 Å². The van der Waals surface area contributed by atoms with Crippen molar-refractivity contribution in [1.29, 1.82) is 0 Å². The third-order valence-corrected chi connectivity index (χ3v) is 9.85. The molecule has 0 spiro atoms. The standard InChI is InChI=1S/C51H46N4O/c1-50(2,3)33-35-28-29-52-48(30-35)55-44-23-11-10-20-41(44)42-27-26-39(32-47(42)55)56-38-19-14-18-37(31-38)53-34-54(46-25-13-12-24-45(46)53)49-40(36-16-8-7-9-17-36)21-15-22-43(49)51(4,5)6/h7-32H,33H2,1-6H3/i7D,8D,9D,16D,17D,33D2. The molecule has 0 amide bonds. The van der Waals surface area contributed by atoms with Crippen LogP contribution in [0.1, 0.15) is 62.3 Å². The Morgan fingerprint density at radius 1 is 0.714 bits per heavy atom. The second kappa shape index (κ2) is 13.7. The highest BCUT2D eigenvalue weighted by Crippen LogP contribution is 2.37. The molecule has 0 radical (unpaired) electrons. The first-order chi connectivity index (χ1) is 29.9. The minimum Gasteiger partial charge on any atom is -0.458 e. The van der Waals surface area contributed by atoms with Crippen molar-refractivity contribution >= 4 is 32.8 Å². The summed E-state index contributed by atoms with van der Waals surface area (Å²) in [5.41, 5.74) is 5.94. The quantitative estimate of drug-likeness (QED) is 0.121. The van der Waals surface area contributed by atoms with E-state index in [4.69, 9.17) is 19.3 Å². The summed E-state index contributed by atoms with van der Waals surface area (Å²) >= 11 is 0. The highest BCUT2D eigenvalue weighted by Gasteiger charge is 2.25. The molecule has 0 bridgehead atoms. The van der Waals surface area contributed by atoms with Crippen molar-refractivity contribution in [2.75, 3.05) is 0 Å². The summed E-state index contributed by atoms with van der Waals surface area (Å²) in [6.07, 6.45) is 3.66. The lowest BCUT2D eigenvalue weighted by Gasteiger charge is -2.26. The van der Waals surface area contributed by atoms with Crippen LogP contribution < -0.4 is 9.30 Å². The third-order valence-electron chi connectivity index (χ3n) is 9.85. The normalized spacial score (nSPS) is 14.2. The van der Waals surface area contributed by atoms with E-state index in [1.807, 2.05) is 139 Å². The zero-order valence-electron chi connectivity index (χ0n) is 39.3. The lowest BCUT2D eigenvalue weighted by atomic mass is 9.83. The summed E-state index contributed by atoms with van der Waals surface area (Å²) in [4.78, 5) is 4.75. The Kier molecular flexibility index (Phi) is 6.85. The number of para-hydroxylation sites is 4. The number of imidazole rings is 1. The maximum Gasteiger partial charge on any atom is 0.269 e. The molecule has 3 aromatic heterocycles. The van der Waals surface area contributed by atoms with Gasteiger partial charge >= 0.3 is 0 Å². The van der Waals surface area contributed by atoms with Gasteiger partial charge in [-0.2, -0.15) is 0 Å². The van der Waals surface area contributed by atoms with Gasteiger partial charge < -0.3 is 4.74 Å². The smallest absolute Gasteiger partial charge is 0.269 e. The van der Waals surface area contributed by atoms with Crippen molar-refractivity contribution < 1.29 is 18.9 Å². The third kappa shape index (κ3) is 6.53. The molecule has 9 aromatic rings. The maximum absolute atomic E-state index is 8.98. The maximum atomic E-state index is 8.98. The minimum atomic E-state index is -1.60. The lowest BCUT2D eigenvalue weighted by Crippen LogP contribution is -2.34. The van der Waals surface area contributed by atoms with E-state index in [1.54, 1.807) is 12.3 Å². The van der Waals surface area contributed by atoms with Crippen molar-refractivity contribution in [1.82, 2.24) is 14.1 Å². The second-order valence-electron chi connectivity index (χ2n) is 16.1. The van der Waals surface area contributed by atoms with Crippen LogP contribution in [0.5, 0.6) is 11.5 Å². The van der Waals surface area contributed by atoms with E-state index in [0.717, 1.165) is 44.1 Å². The van der Waals surface area contributed by atoms with Crippen LogP contribution in [0.25, 0.3) is 61.2 Å². The van der Waals surface area contributed by atoms with Gasteiger partial charge in [-0.05, 0) is 88.0 Å².